The highest BCUT2D eigenvalue weighted by atomic mass is 32.1. The Hall–Kier alpha value is -2.67. The Labute approximate surface area is 194 Å². The molecule has 1 aliphatic heterocycles. The van der Waals surface area contributed by atoms with Crippen LogP contribution in [0.2, 0.25) is 0 Å². The molecule has 4 rings (SSSR count). The lowest BCUT2D eigenvalue weighted by atomic mass is 10.0. The molecule has 0 bridgehead atoms. The highest BCUT2D eigenvalue weighted by Crippen LogP contribution is 2.30. The van der Waals surface area contributed by atoms with E-state index in [1.165, 1.54) is 10.4 Å². The third-order valence-electron chi connectivity index (χ3n) is 6.05. The Morgan fingerprint density at radius 2 is 1.81 bits per heavy atom. The fourth-order valence-corrected chi connectivity index (χ4v) is 5.34. The number of piperazine rings is 1. The summed E-state index contributed by atoms with van der Waals surface area (Å²) in [4.78, 5) is 19.3. The van der Waals surface area contributed by atoms with Gasteiger partial charge in [-0.3, -0.25) is 14.6 Å². The standard InChI is InChI=1S/C26H31N3O2S/c1-20(27-26(30)22-10-6-11-23(18-22)31-2)25(24-12-7-17-32-24)29-15-13-28(14-16-29)19-21-8-4-3-5-9-21/h3-12,17-18,20,25H,13-16,19H2,1-2H3,(H,27,30)/t20-,25+/m0/s1. The summed E-state index contributed by atoms with van der Waals surface area (Å²) in [5.74, 6) is 0.621. The summed E-state index contributed by atoms with van der Waals surface area (Å²) in [6, 6.07) is 22.4. The number of methoxy groups -OCH3 is 1. The van der Waals surface area contributed by atoms with E-state index in [9.17, 15) is 4.79 Å². The van der Waals surface area contributed by atoms with Gasteiger partial charge < -0.3 is 10.1 Å². The topological polar surface area (TPSA) is 44.8 Å². The molecule has 1 saturated heterocycles. The fraction of sp³-hybridized carbons (Fsp3) is 0.346. The predicted octanol–water partition coefficient (Wildman–Crippen LogP) is 4.43. The monoisotopic (exact) mass is 449 g/mol. The van der Waals surface area contributed by atoms with Crippen LogP contribution in [0.25, 0.3) is 0 Å². The van der Waals surface area contributed by atoms with E-state index in [1.807, 2.05) is 18.2 Å². The van der Waals surface area contributed by atoms with Crippen LogP contribution in [0.5, 0.6) is 5.75 Å². The van der Waals surface area contributed by atoms with Gasteiger partial charge in [-0.1, -0.05) is 42.5 Å². The van der Waals surface area contributed by atoms with E-state index in [2.05, 4.69) is 69.9 Å². The van der Waals surface area contributed by atoms with E-state index in [4.69, 9.17) is 4.74 Å². The normalized spacial score (nSPS) is 16.9. The molecule has 0 unspecified atom stereocenters. The van der Waals surface area contributed by atoms with Crippen LogP contribution in [0.3, 0.4) is 0 Å². The molecule has 32 heavy (non-hydrogen) atoms. The van der Waals surface area contributed by atoms with Crippen LogP contribution in [0.4, 0.5) is 0 Å². The zero-order valence-electron chi connectivity index (χ0n) is 18.7. The third kappa shape index (κ3) is 5.57. The van der Waals surface area contributed by atoms with Gasteiger partial charge in [0.15, 0.2) is 0 Å². The van der Waals surface area contributed by atoms with Gasteiger partial charge in [-0.15, -0.1) is 11.3 Å². The van der Waals surface area contributed by atoms with Gasteiger partial charge in [0, 0.05) is 49.2 Å². The van der Waals surface area contributed by atoms with Gasteiger partial charge in [0.2, 0.25) is 0 Å². The molecule has 0 spiro atoms. The molecular weight excluding hydrogens is 418 g/mol. The number of nitrogens with zero attached hydrogens (tertiary/aromatic N) is 2. The van der Waals surface area contributed by atoms with Crippen molar-refractivity contribution in [2.24, 2.45) is 0 Å². The average molecular weight is 450 g/mol. The summed E-state index contributed by atoms with van der Waals surface area (Å²) in [6.45, 7) is 7.10. The minimum Gasteiger partial charge on any atom is -0.497 e. The number of rotatable bonds is 8. The predicted molar refractivity (Wildman–Crippen MR) is 130 cm³/mol. The number of carbonyl (C=O) groups excluding carboxylic acids is 1. The number of thiophene rings is 1. The molecule has 1 aliphatic rings. The van der Waals surface area contributed by atoms with Gasteiger partial charge in [0.05, 0.1) is 13.2 Å². The van der Waals surface area contributed by atoms with Crippen LogP contribution in [0.1, 0.15) is 33.8 Å². The molecule has 3 aromatic rings. The minimum absolute atomic E-state index is 0.0203. The van der Waals surface area contributed by atoms with Crippen LogP contribution < -0.4 is 10.1 Å². The summed E-state index contributed by atoms with van der Waals surface area (Å²) in [5, 5.41) is 5.36. The molecule has 1 N–H and O–H groups in total. The summed E-state index contributed by atoms with van der Waals surface area (Å²) in [7, 11) is 1.61. The lowest BCUT2D eigenvalue weighted by Crippen LogP contribution is -2.52. The molecule has 2 atom stereocenters. The second-order valence-corrected chi connectivity index (χ2v) is 9.23. The van der Waals surface area contributed by atoms with Crippen molar-refractivity contribution in [3.8, 4) is 5.75 Å². The van der Waals surface area contributed by atoms with E-state index in [-0.39, 0.29) is 18.0 Å². The second kappa shape index (κ2) is 10.8. The Morgan fingerprint density at radius 1 is 1.03 bits per heavy atom. The van der Waals surface area contributed by atoms with Gasteiger partial charge in [0.25, 0.3) is 5.91 Å². The van der Waals surface area contributed by atoms with Crippen molar-refractivity contribution in [3.63, 3.8) is 0 Å². The summed E-state index contributed by atoms with van der Waals surface area (Å²) in [5.41, 5.74) is 1.98. The molecule has 5 nitrogen and oxygen atoms in total. The van der Waals surface area contributed by atoms with E-state index in [0.717, 1.165) is 32.7 Å². The zero-order valence-corrected chi connectivity index (χ0v) is 19.6. The van der Waals surface area contributed by atoms with Crippen molar-refractivity contribution in [1.29, 1.82) is 0 Å². The first-order valence-corrected chi connectivity index (χ1v) is 12.0. The van der Waals surface area contributed by atoms with E-state index in [1.54, 1.807) is 24.5 Å². The smallest absolute Gasteiger partial charge is 0.251 e. The van der Waals surface area contributed by atoms with Crippen LogP contribution in [0, 0.1) is 0 Å². The maximum absolute atomic E-state index is 12.9. The molecule has 0 radical (unpaired) electrons. The quantitative estimate of drug-likeness (QED) is 0.552. The molecule has 1 fully saturated rings. The van der Waals surface area contributed by atoms with Crippen LogP contribution in [-0.4, -0.2) is 55.0 Å². The van der Waals surface area contributed by atoms with E-state index >= 15 is 0 Å². The first-order chi connectivity index (χ1) is 15.6. The number of amides is 1. The van der Waals surface area contributed by atoms with Crippen molar-refractivity contribution in [2.75, 3.05) is 33.3 Å². The van der Waals surface area contributed by atoms with Gasteiger partial charge >= 0.3 is 0 Å². The molecule has 168 valence electrons. The third-order valence-corrected chi connectivity index (χ3v) is 6.99. The second-order valence-electron chi connectivity index (χ2n) is 8.25. The number of hydrogen-bond donors (Lipinski definition) is 1. The maximum Gasteiger partial charge on any atom is 0.251 e. The van der Waals surface area contributed by atoms with Crippen molar-refractivity contribution in [1.82, 2.24) is 15.1 Å². The number of carbonyl (C=O) groups is 1. The van der Waals surface area contributed by atoms with Crippen molar-refractivity contribution < 1.29 is 9.53 Å². The number of ether oxygens (including phenoxy) is 1. The first-order valence-electron chi connectivity index (χ1n) is 11.1. The zero-order chi connectivity index (χ0) is 22.3. The van der Waals surface area contributed by atoms with E-state index < -0.39 is 0 Å². The lowest BCUT2D eigenvalue weighted by Gasteiger charge is -2.41. The van der Waals surface area contributed by atoms with E-state index in [0.29, 0.717) is 11.3 Å². The molecule has 0 saturated carbocycles. The highest BCUT2D eigenvalue weighted by Gasteiger charge is 2.31. The maximum atomic E-state index is 12.9. The number of benzene rings is 2. The highest BCUT2D eigenvalue weighted by molar-refractivity contribution is 7.10. The van der Waals surface area contributed by atoms with Crippen LogP contribution in [0.15, 0.2) is 72.1 Å². The molecule has 1 aromatic heterocycles. The Morgan fingerprint density at radius 3 is 2.50 bits per heavy atom. The Balaban J connectivity index is 1.42. The molecule has 6 heteroatoms. The van der Waals surface area contributed by atoms with Gasteiger partial charge in [-0.25, -0.2) is 0 Å². The largest absolute Gasteiger partial charge is 0.497 e. The average Bonchev–Trinajstić information content (AvgIpc) is 3.35. The summed E-state index contributed by atoms with van der Waals surface area (Å²) < 4.78 is 5.27. The molecule has 2 aromatic carbocycles. The minimum atomic E-state index is -0.0688. The number of hydrogen-bond acceptors (Lipinski definition) is 5. The SMILES string of the molecule is COc1cccc(C(=O)N[C@@H](C)[C@H](c2cccs2)N2CCN(Cc3ccccc3)CC2)c1. The van der Waals surface area contributed by atoms with Crippen LogP contribution in [-0.2, 0) is 6.54 Å². The number of nitrogens with one attached hydrogen (secondary N) is 1. The van der Waals surface area contributed by atoms with Gasteiger partial charge in [-0.2, -0.15) is 0 Å². The molecule has 1 amide bonds. The van der Waals surface area contributed by atoms with Gasteiger partial charge in [-0.05, 0) is 42.1 Å². The molecule has 2 heterocycles. The summed E-state index contributed by atoms with van der Waals surface area (Å²) >= 11 is 1.76. The fourth-order valence-electron chi connectivity index (χ4n) is 4.38. The van der Waals surface area contributed by atoms with Gasteiger partial charge in [0.1, 0.15) is 5.75 Å². The lowest BCUT2D eigenvalue weighted by molar-refractivity contribution is 0.0714. The van der Waals surface area contributed by atoms with Crippen molar-refractivity contribution in [3.05, 3.63) is 88.1 Å². The van der Waals surface area contributed by atoms with Crippen molar-refractivity contribution in [2.45, 2.75) is 25.6 Å². The van der Waals surface area contributed by atoms with Crippen LogP contribution >= 0.6 is 11.3 Å². The molecule has 0 aliphatic carbocycles. The summed E-state index contributed by atoms with van der Waals surface area (Å²) in [6.07, 6.45) is 0. The first kappa shape index (κ1) is 22.5. The molecular formula is C26H31N3O2S. The van der Waals surface area contributed by atoms with Crippen molar-refractivity contribution >= 4 is 17.2 Å². The Kier molecular flexibility index (Phi) is 7.58. The Bertz CT molecular complexity index is 985.